The predicted octanol–water partition coefficient (Wildman–Crippen LogP) is 5.19. The Morgan fingerprint density at radius 1 is 0.778 bits per heavy atom. The monoisotopic (exact) mass is 353 g/mol. The van der Waals surface area contributed by atoms with E-state index in [2.05, 4.69) is 0 Å². The molecular formula is C24H19NO2. The summed E-state index contributed by atoms with van der Waals surface area (Å²) >= 11 is 0. The Morgan fingerprint density at radius 3 is 2.04 bits per heavy atom. The van der Waals surface area contributed by atoms with Crippen LogP contribution in [0.25, 0.3) is 28.2 Å². The summed E-state index contributed by atoms with van der Waals surface area (Å²) in [6, 6.07) is 28.4. The van der Waals surface area contributed by atoms with Crippen molar-refractivity contribution in [2.45, 2.75) is 6.92 Å². The summed E-state index contributed by atoms with van der Waals surface area (Å²) in [6.45, 7) is 1.85. The van der Waals surface area contributed by atoms with E-state index in [0.29, 0.717) is 16.8 Å². The van der Waals surface area contributed by atoms with Crippen molar-refractivity contribution in [1.29, 1.82) is 0 Å². The van der Waals surface area contributed by atoms with E-state index in [1.165, 1.54) is 0 Å². The molecular weight excluding hydrogens is 334 g/mol. The van der Waals surface area contributed by atoms with E-state index in [4.69, 9.17) is 0 Å². The minimum Gasteiger partial charge on any atom is -0.507 e. The molecule has 0 atom stereocenters. The van der Waals surface area contributed by atoms with E-state index >= 15 is 0 Å². The van der Waals surface area contributed by atoms with Crippen LogP contribution in [-0.4, -0.2) is 9.67 Å². The van der Waals surface area contributed by atoms with Crippen LogP contribution in [0.5, 0.6) is 5.75 Å². The number of pyridine rings is 1. The highest BCUT2D eigenvalue weighted by molar-refractivity contribution is 5.76. The number of aromatic hydroxyl groups is 1. The van der Waals surface area contributed by atoms with Crippen molar-refractivity contribution in [3.63, 3.8) is 0 Å². The van der Waals surface area contributed by atoms with E-state index in [-0.39, 0.29) is 11.2 Å². The van der Waals surface area contributed by atoms with Gasteiger partial charge in [0.2, 0.25) is 0 Å². The van der Waals surface area contributed by atoms with Crippen molar-refractivity contribution in [2.24, 2.45) is 0 Å². The minimum absolute atomic E-state index is 0.0562. The van der Waals surface area contributed by atoms with Gasteiger partial charge < -0.3 is 9.67 Å². The molecule has 0 aliphatic heterocycles. The zero-order chi connectivity index (χ0) is 18.8. The van der Waals surface area contributed by atoms with Gasteiger partial charge in [0.15, 0.2) is 5.43 Å². The van der Waals surface area contributed by atoms with E-state index in [9.17, 15) is 9.90 Å². The Hall–Kier alpha value is -3.59. The summed E-state index contributed by atoms with van der Waals surface area (Å²) in [5.41, 5.74) is 4.60. The van der Waals surface area contributed by atoms with Gasteiger partial charge in [0, 0.05) is 22.9 Å². The van der Waals surface area contributed by atoms with Crippen LogP contribution in [0.3, 0.4) is 0 Å². The fourth-order valence-electron chi connectivity index (χ4n) is 3.38. The molecule has 0 radical (unpaired) electrons. The van der Waals surface area contributed by atoms with Crippen LogP contribution in [-0.2, 0) is 0 Å². The van der Waals surface area contributed by atoms with Crippen molar-refractivity contribution in [3.05, 3.63) is 107 Å². The summed E-state index contributed by atoms with van der Waals surface area (Å²) in [5, 5.41) is 10.4. The number of hydrogen-bond acceptors (Lipinski definition) is 2. The Balaban J connectivity index is 2.16. The molecule has 3 heteroatoms. The Morgan fingerprint density at radius 2 is 1.37 bits per heavy atom. The first-order valence-electron chi connectivity index (χ1n) is 8.82. The van der Waals surface area contributed by atoms with Crippen LogP contribution in [0.2, 0.25) is 0 Å². The molecule has 0 bridgehead atoms. The smallest absolute Gasteiger partial charge is 0.185 e. The second-order valence-electron chi connectivity index (χ2n) is 6.42. The van der Waals surface area contributed by atoms with Crippen LogP contribution in [0.15, 0.2) is 95.8 Å². The molecule has 4 rings (SSSR count). The first kappa shape index (κ1) is 16.9. The summed E-state index contributed by atoms with van der Waals surface area (Å²) in [5.74, 6) is 0.143. The third-order valence-corrected chi connectivity index (χ3v) is 4.70. The lowest BCUT2D eigenvalue weighted by Crippen LogP contribution is -2.15. The average Bonchev–Trinajstić information content (AvgIpc) is 2.71. The summed E-state index contributed by atoms with van der Waals surface area (Å²) in [4.78, 5) is 12.8. The molecule has 1 heterocycles. The van der Waals surface area contributed by atoms with Gasteiger partial charge in [0.1, 0.15) is 5.75 Å². The number of phenolic OH excluding ortho intramolecular Hbond substituents is 1. The zero-order valence-corrected chi connectivity index (χ0v) is 15.0. The predicted molar refractivity (Wildman–Crippen MR) is 109 cm³/mol. The van der Waals surface area contributed by atoms with Crippen molar-refractivity contribution < 1.29 is 5.11 Å². The molecule has 3 nitrogen and oxygen atoms in total. The fraction of sp³-hybridized carbons (Fsp3) is 0.0417. The van der Waals surface area contributed by atoms with Gasteiger partial charge in [-0.1, -0.05) is 60.7 Å². The van der Waals surface area contributed by atoms with Crippen molar-refractivity contribution in [1.82, 2.24) is 4.57 Å². The van der Waals surface area contributed by atoms with Gasteiger partial charge in [0.05, 0.1) is 11.4 Å². The first-order chi connectivity index (χ1) is 13.2. The lowest BCUT2D eigenvalue weighted by Gasteiger charge is -2.22. The van der Waals surface area contributed by atoms with Crippen LogP contribution >= 0.6 is 0 Å². The number of aromatic nitrogens is 1. The van der Waals surface area contributed by atoms with Gasteiger partial charge in [-0.25, -0.2) is 0 Å². The fourth-order valence-corrected chi connectivity index (χ4v) is 3.38. The zero-order valence-electron chi connectivity index (χ0n) is 15.0. The topological polar surface area (TPSA) is 42.2 Å². The second kappa shape index (κ2) is 6.96. The van der Waals surface area contributed by atoms with Crippen LogP contribution < -0.4 is 5.43 Å². The molecule has 27 heavy (non-hydrogen) atoms. The van der Waals surface area contributed by atoms with Crippen molar-refractivity contribution in [3.8, 4) is 34.0 Å². The molecule has 0 unspecified atom stereocenters. The molecule has 0 amide bonds. The van der Waals surface area contributed by atoms with Gasteiger partial charge in [-0.15, -0.1) is 0 Å². The molecule has 0 aliphatic carbocycles. The van der Waals surface area contributed by atoms with Crippen LogP contribution in [0.4, 0.5) is 0 Å². The first-order valence-corrected chi connectivity index (χ1v) is 8.82. The molecule has 0 fully saturated rings. The Labute approximate surface area is 157 Å². The molecule has 0 spiro atoms. The molecule has 0 aliphatic rings. The summed E-state index contributed by atoms with van der Waals surface area (Å²) in [7, 11) is 0. The highest BCUT2D eigenvalue weighted by Gasteiger charge is 2.18. The minimum atomic E-state index is -0.0562. The third-order valence-electron chi connectivity index (χ3n) is 4.70. The van der Waals surface area contributed by atoms with Gasteiger partial charge >= 0.3 is 0 Å². The quantitative estimate of drug-likeness (QED) is 0.551. The summed E-state index contributed by atoms with van der Waals surface area (Å²) in [6.07, 6.45) is 0. The lowest BCUT2D eigenvalue weighted by molar-refractivity contribution is 0.477. The average molecular weight is 353 g/mol. The molecule has 0 saturated carbocycles. The standard InChI is InChI=1S/C24H19NO2/c1-17-23(27)16-21(20-14-8-9-15-22(20)26)25(19-12-6-3-7-13-19)24(17)18-10-4-2-5-11-18/h2-16,26H,1H3. The van der Waals surface area contributed by atoms with Crippen LogP contribution in [0.1, 0.15) is 5.56 Å². The third kappa shape index (κ3) is 3.04. The van der Waals surface area contributed by atoms with E-state index in [1.807, 2.05) is 84.3 Å². The SMILES string of the molecule is Cc1c(-c2ccccc2)n(-c2ccccc2)c(-c2ccccc2O)cc1=O. The molecule has 4 aromatic rings. The molecule has 0 saturated heterocycles. The largest absolute Gasteiger partial charge is 0.507 e. The lowest BCUT2D eigenvalue weighted by atomic mass is 10.0. The number of para-hydroxylation sites is 2. The van der Waals surface area contributed by atoms with E-state index in [1.54, 1.807) is 18.2 Å². The van der Waals surface area contributed by atoms with Crippen molar-refractivity contribution >= 4 is 0 Å². The molecule has 1 N–H and O–H groups in total. The molecule has 1 aromatic heterocycles. The highest BCUT2D eigenvalue weighted by atomic mass is 16.3. The van der Waals surface area contributed by atoms with Crippen LogP contribution in [0, 0.1) is 6.92 Å². The molecule has 3 aromatic carbocycles. The van der Waals surface area contributed by atoms with E-state index in [0.717, 1.165) is 16.9 Å². The number of nitrogens with zero attached hydrogens (tertiary/aromatic N) is 1. The number of rotatable bonds is 3. The highest BCUT2D eigenvalue weighted by Crippen LogP contribution is 2.34. The van der Waals surface area contributed by atoms with Gasteiger partial charge in [0.25, 0.3) is 0 Å². The summed E-state index contributed by atoms with van der Waals surface area (Å²) < 4.78 is 2.04. The Kier molecular flexibility index (Phi) is 4.35. The maximum absolute atomic E-state index is 12.8. The van der Waals surface area contributed by atoms with Gasteiger partial charge in [-0.2, -0.15) is 0 Å². The maximum Gasteiger partial charge on any atom is 0.185 e. The second-order valence-corrected chi connectivity index (χ2v) is 6.42. The molecule has 132 valence electrons. The normalized spacial score (nSPS) is 10.7. The number of benzene rings is 3. The van der Waals surface area contributed by atoms with Gasteiger partial charge in [-0.05, 0) is 36.8 Å². The number of hydrogen-bond donors (Lipinski definition) is 1. The number of phenols is 1. The maximum atomic E-state index is 12.8. The van der Waals surface area contributed by atoms with Crippen molar-refractivity contribution in [2.75, 3.05) is 0 Å². The van der Waals surface area contributed by atoms with Gasteiger partial charge in [-0.3, -0.25) is 4.79 Å². The Bertz CT molecular complexity index is 1150. The van der Waals surface area contributed by atoms with E-state index < -0.39 is 0 Å².